The molecule has 1 aliphatic carbocycles. The maximum atomic E-state index is 12.6. The Bertz CT molecular complexity index is 966. The van der Waals surface area contributed by atoms with E-state index in [1.165, 1.54) is 0 Å². The van der Waals surface area contributed by atoms with Gasteiger partial charge in [-0.2, -0.15) is 5.10 Å². The first-order chi connectivity index (χ1) is 11.1. The number of nitrogens with one attached hydrogen (secondary N) is 1. The molecule has 3 aromatic rings. The zero-order valence-electron chi connectivity index (χ0n) is 12.8. The molecular formula is C18H14N4O. The predicted molar refractivity (Wildman–Crippen MR) is 89.9 cm³/mol. The van der Waals surface area contributed by atoms with E-state index in [1.807, 2.05) is 56.3 Å². The van der Waals surface area contributed by atoms with E-state index in [9.17, 15) is 4.79 Å². The number of aromatic nitrogens is 2. The van der Waals surface area contributed by atoms with Crippen LogP contribution < -0.4 is 5.43 Å². The number of carbonyl (C=O) groups excluding carboxylic acids is 1. The van der Waals surface area contributed by atoms with Crippen molar-refractivity contribution in [3.8, 4) is 0 Å². The summed E-state index contributed by atoms with van der Waals surface area (Å²) in [4.78, 5) is 21.2. The molecule has 2 aromatic carbocycles. The van der Waals surface area contributed by atoms with Gasteiger partial charge >= 0.3 is 0 Å². The zero-order valence-corrected chi connectivity index (χ0v) is 12.8. The fraction of sp³-hybridized carbons (Fsp3) is 0.111. The summed E-state index contributed by atoms with van der Waals surface area (Å²) in [6.07, 6.45) is 0. The average molecular weight is 302 g/mol. The standard InChI is InChI=1S/C18H14N4O/c1-10-9-11(2)20-18(19-10)22-21-16-13-7-3-5-12-6-4-8-14(15(12)13)17(16)23/h3-9H,1-2H3,(H,19,20,22)/b21-16+. The van der Waals surface area contributed by atoms with E-state index in [4.69, 9.17) is 0 Å². The van der Waals surface area contributed by atoms with Gasteiger partial charge in [-0.15, -0.1) is 0 Å². The number of Topliss-reactive ketones (excluding diaryl/α,β-unsaturated/α-hetero) is 1. The van der Waals surface area contributed by atoms with E-state index in [1.54, 1.807) is 0 Å². The number of rotatable bonds is 2. The SMILES string of the molecule is Cc1cc(C)nc(N/N=C2/C(=O)c3cccc4cccc2c34)n1. The number of hydrogen-bond acceptors (Lipinski definition) is 5. The molecule has 1 aliphatic rings. The van der Waals surface area contributed by atoms with Crippen LogP contribution in [0.1, 0.15) is 27.3 Å². The smallest absolute Gasteiger partial charge is 0.243 e. The van der Waals surface area contributed by atoms with Crippen LogP contribution in [0.5, 0.6) is 0 Å². The monoisotopic (exact) mass is 302 g/mol. The molecule has 1 heterocycles. The van der Waals surface area contributed by atoms with Gasteiger partial charge < -0.3 is 0 Å². The molecule has 0 saturated carbocycles. The quantitative estimate of drug-likeness (QED) is 0.738. The molecule has 23 heavy (non-hydrogen) atoms. The number of nitrogens with zero attached hydrogens (tertiary/aromatic N) is 3. The Kier molecular flexibility index (Phi) is 2.94. The molecule has 0 atom stereocenters. The zero-order chi connectivity index (χ0) is 16.0. The second-order valence-corrected chi connectivity index (χ2v) is 5.58. The van der Waals surface area contributed by atoms with Crippen LogP contribution in [0.25, 0.3) is 10.8 Å². The van der Waals surface area contributed by atoms with E-state index >= 15 is 0 Å². The Balaban J connectivity index is 1.79. The third-order valence-electron chi connectivity index (χ3n) is 3.87. The minimum Gasteiger partial charge on any atom is -0.287 e. The van der Waals surface area contributed by atoms with E-state index in [0.29, 0.717) is 17.2 Å². The van der Waals surface area contributed by atoms with Crippen LogP contribution >= 0.6 is 0 Å². The van der Waals surface area contributed by atoms with Crippen molar-refractivity contribution in [1.29, 1.82) is 0 Å². The number of anilines is 1. The summed E-state index contributed by atoms with van der Waals surface area (Å²) in [7, 11) is 0. The minimum absolute atomic E-state index is 0.0753. The first kappa shape index (κ1) is 13.6. The van der Waals surface area contributed by atoms with Crippen molar-refractivity contribution in [3.63, 3.8) is 0 Å². The Labute approximate surface area is 133 Å². The fourth-order valence-electron chi connectivity index (χ4n) is 2.97. The Hall–Kier alpha value is -3.08. The van der Waals surface area contributed by atoms with Crippen LogP contribution in [-0.4, -0.2) is 21.5 Å². The molecule has 0 aliphatic heterocycles. The van der Waals surface area contributed by atoms with Crippen molar-refractivity contribution in [2.24, 2.45) is 5.10 Å². The summed E-state index contributed by atoms with van der Waals surface area (Å²) in [5, 5.41) is 6.29. The third-order valence-corrected chi connectivity index (χ3v) is 3.87. The maximum absolute atomic E-state index is 12.6. The summed E-state index contributed by atoms with van der Waals surface area (Å²) >= 11 is 0. The van der Waals surface area contributed by atoms with E-state index < -0.39 is 0 Å². The molecule has 112 valence electrons. The first-order valence-corrected chi connectivity index (χ1v) is 7.36. The number of carbonyl (C=O) groups is 1. The molecule has 0 unspecified atom stereocenters. The lowest BCUT2D eigenvalue weighted by Gasteiger charge is -2.03. The molecule has 1 N–H and O–H groups in total. The molecule has 0 fully saturated rings. The van der Waals surface area contributed by atoms with Crippen molar-refractivity contribution < 1.29 is 4.79 Å². The van der Waals surface area contributed by atoms with E-state index in [2.05, 4.69) is 20.5 Å². The van der Waals surface area contributed by atoms with Gasteiger partial charge in [-0.25, -0.2) is 15.4 Å². The lowest BCUT2D eigenvalue weighted by Crippen LogP contribution is -2.12. The second-order valence-electron chi connectivity index (χ2n) is 5.58. The number of benzene rings is 2. The van der Waals surface area contributed by atoms with Gasteiger partial charge in [-0.1, -0.05) is 36.4 Å². The summed E-state index contributed by atoms with van der Waals surface area (Å²) in [6.45, 7) is 3.79. The third kappa shape index (κ3) is 2.17. The molecule has 0 spiro atoms. The minimum atomic E-state index is -0.0753. The highest BCUT2D eigenvalue weighted by Gasteiger charge is 2.28. The molecular weight excluding hydrogens is 288 g/mol. The van der Waals surface area contributed by atoms with Crippen molar-refractivity contribution in [3.05, 3.63) is 65.0 Å². The van der Waals surface area contributed by atoms with Crippen molar-refractivity contribution in [1.82, 2.24) is 9.97 Å². The fourth-order valence-corrected chi connectivity index (χ4v) is 2.97. The van der Waals surface area contributed by atoms with E-state index in [0.717, 1.165) is 27.7 Å². The van der Waals surface area contributed by atoms with Crippen molar-refractivity contribution in [2.45, 2.75) is 13.8 Å². The summed E-state index contributed by atoms with van der Waals surface area (Å²) < 4.78 is 0. The summed E-state index contributed by atoms with van der Waals surface area (Å²) in [6, 6.07) is 13.5. The Morgan fingerprint density at radius 1 is 0.957 bits per heavy atom. The number of hydrazone groups is 1. The molecule has 0 amide bonds. The van der Waals surface area contributed by atoms with Gasteiger partial charge in [0, 0.05) is 27.9 Å². The summed E-state index contributed by atoms with van der Waals surface area (Å²) in [5.41, 5.74) is 6.47. The normalized spacial score (nSPS) is 14.7. The van der Waals surface area contributed by atoms with Gasteiger partial charge in [0.2, 0.25) is 11.7 Å². The Morgan fingerprint density at radius 3 is 2.30 bits per heavy atom. The van der Waals surface area contributed by atoms with Crippen molar-refractivity contribution >= 4 is 28.2 Å². The highest BCUT2D eigenvalue weighted by Crippen LogP contribution is 2.30. The molecule has 4 rings (SSSR count). The topological polar surface area (TPSA) is 67.2 Å². The molecule has 1 aromatic heterocycles. The van der Waals surface area contributed by atoms with Crippen LogP contribution in [0.2, 0.25) is 0 Å². The van der Waals surface area contributed by atoms with Gasteiger partial charge in [0.05, 0.1) is 0 Å². The number of ketones is 1. The molecule has 0 radical (unpaired) electrons. The number of aryl methyl sites for hydroxylation is 2. The maximum Gasteiger partial charge on any atom is 0.243 e. The van der Waals surface area contributed by atoms with Crippen LogP contribution in [0, 0.1) is 13.8 Å². The predicted octanol–water partition coefficient (Wildman–Crippen LogP) is 3.26. The van der Waals surface area contributed by atoms with Crippen LogP contribution in [0.4, 0.5) is 5.95 Å². The molecule has 5 nitrogen and oxygen atoms in total. The van der Waals surface area contributed by atoms with Gasteiger partial charge in [0.15, 0.2) is 0 Å². The lowest BCUT2D eigenvalue weighted by molar-refractivity contribution is 0.107. The van der Waals surface area contributed by atoms with Crippen LogP contribution in [0.3, 0.4) is 0 Å². The van der Waals surface area contributed by atoms with Crippen LogP contribution in [0.15, 0.2) is 47.6 Å². The average Bonchev–Trinajstić information content (AvgIpc) is 2.79. The first-order valence-electron chi connectivity index (χ1n) is 7.36. The van der Waals surface area contributed by atoms with Gasteiger partial charge in [0.25, 0.3) is 0 Å². The van der Waals surface area contributed by atoms with Gasteiger partial charge in [-0.3, -0.25) is 4.79 Å². The molecule has 5 heteroatoms. The number of hydrogen-bond donors (Lipinski definition) is 1. The van der Waals surface area contributed by atoms with Gasteiger partial charge in [0.1, 0.15) is 5.71 Å². The highest BCUT2D eigenvalue weighted by atomic mass is 16.1. The summed E-state index contributed by atoms with van der Waals surface area (Å²) in [5.74, 6) is 0.319. The van der Waals surface area contributed by atoms with Gasteiger partial charge in [-0.05, 0) is 25.3 Å². The lowest BCUT2D eigenvalue weighted by atomic mass is 10.1. The molecule has 0 bridgehead atoms. The van der Waals surface area contributed by atoms with Crippen LogP contribution in [-0.2, 0) is 0 Å². The van der Waals surface area contributed by atoms with E-state index in [-0.39, 0.29) is 5.78 Å². The largest absolute Gasteiger partial charge is 0.287 e. The Morgan fingerprint density at radius 2 is 1.61 bits per heavy atom. The van der Waals surface area contributed by atoms with Crippen molar-refractivity contribution in [2.75, 3.05) is 5.43 Å². The molecule has 0 saturated heterocycles. The highest BCUT2D eigenvalue weighted by molar-refractivity contribution is 6.59. The second kappa shape index (κ2) is 4.98.